The lowest BCUT2D eigenvalue weighted by Crippen LogP contribution is -2.48. The van der Waals surface area contributed by atoms with Gasteiger partial charge in [-0.05, 0) is 30.0 Å². The number of piperazine rings is 1. The molecule has 5 rings (SSSR count). The van der Waals surface area contributed by atoms with E-state index in [1.54, 1.807) is 4.90 Å². The second-order valence-electron chi connectivity index (χ2n) is 7.58. The molecule has 0 saturated carbocycles. The van der Waals surface area contributed by atoms with E-state index in [4.69, 9.17) is 9.40 Å². The molecule has 0 bridgehead atoms. The first-order valence-corrected chi connectivity index (χ1v) is 12.2. The van der Waals surface area contributed by atoms with E-state index in [0.717, 1.165) is 36.2 Å². The summed E-state index contributed by atoms with van der Waals surface area (Å²) in [6, 6.07) is 13.5. The second-order valence-corrected chi connectivity index (χ2v) is 9.36. The molecule has 1 aromatic carbocycles. The molecule has 164 valence electrons. The Labute approximate surface area is 193 Å². The summed E-state index contributed by atoms with van der Waals surface area (Å²) >= 11 is 2.86. The van der Waals surface area contributed by atoms with Crippen LogP contribution in [0.1, 0.15) is 16.1 Å². The first kappa shape index (κ1) is 20.9. The molecule has 3 aromatic heterocycles. The Hall–Kier alpha value is -3.01. The molecule has 0 radical (unpaired) electrons. The van der Waals surface area contributed by atoms with Gasteiger partial charge in [0.1, 0.15) is 11.3 Å². The minimum absolute atomic E-state index is 0.0538. The zero-order valence-electron chi connectivity index (χ0n) is 17.3. The molecule has 32 heavy (non-hydrogen) atoms. The molecule has 4 heterocycles. The summed E-state index contributed by atoms with van der Waals surface area (Å²) in [5.74, 6) is 0.691. The Balaban J connectivity index is 1.35. The van der Waals surface area contributed by atoms with Crippen LogP contribution >= 0.6 is 22.7 Å². The molecule has 1 N–H and O–H groups in total. The Morgan fingerprint density at radius 2 is 2.12 bits per heavy atom. The van der Waals surface area contributed by atoms with Crippen LogP contribution in [-0.4, -0.2) is 54.4 Å². The number of thiazole rings is 1. The average Bonchev–Trinajstić information content (AvgIpc) is 3.56. The molecule has 1 saturated heterocycles. The summed E-state index contributed by atoms with van der Waals surface area (Å²) in [7, 11) is 0. The molecule has 0 atom stereocenters. The molecule has 0 unspecified atom stereocenters. The van der Waals surface area contributed by atoms with Gasteiger partial charge in [0.05, 0.1) is 11.4 Å². The van der Waals surface area contributed by atoms with Crippen LogP contribution in [-0.2, 0) is 4.79 Å². The number of nitrogens with one attached hydrogen (secondary N) is 1. The molecule has 4 aromatic rings. The van der Waals surface area contributed by atoms with Crippen LogP contribution in [0.4, 0.5) is 5.13 Å². The third-order valence-electron chi connectivity index (χ3n) is 5.35. The van der Waals surface area contributed by atoms with Crippen molar-refractivity contribution < 1.29 is 14.0 Å². The number of hydrogen-bond donors (Lipinski definition) is 1. The maximum Gasteiger partial charge on any atom is 0.270 e. The lowest BCUT2D eigenvalue weighted by atomic mass is 10.2. The van der Waals surface area contributed by atoms with Gasteiger partial charge in [0.25, 0.3) is 5.91 Å². The van der Waals surface area contributed by atoms with Crippen molar-refractivity contribution in [3.05, 3.63) is 58.1 Å². The van der Waals surface area contributed by atoms with Gasteiger partial charge in [-0.3, -0.25) is 19.4 Å². The van der Waals surface area contributed by atoms with Crippen molar-refractivity contribution in [3.63, 3.8) is 0 Å². The maximum absolute atomic E-state index is 13.2. The van der Waals surface area contributed by atoms with Gasteiger partial charge in [-0.2, -0.15) is 0 Å². The minimum atomic E-state index is -0.0538. The van der Waals surface area contributed by atoms with E-state index in [2.05, 4.69) is 10.2 Å². The third kappa shape index (κ3) is 4.45. The Bertz CT molecular complexity index is 1200. The molecule has 9 heteroatoms. The number of anilines is 1. The first-order valence-electron chi connectivity index (χ1n) is 10.5. The molecule has 7 nitrogen and oxygen atoms in total. The fourth-order valence-corrected chi connectivity index (χ4v) is 5.27. The number of hydrogen-bond acceptors (Lipinski definition) is 7. The van der Waals surface area contributed by atoms with Crippen molar-refractivity contribution in [1.82, 2.24) is 15.2 Å². The largest absolute Gasteiger partial charge is 0.454 e. The van der Waals surface area contributed by atoms with Gasteiger partial charge in [0, 0.05) is 36.9 Å². The van der Waals surface area contributed by atoms with Gasteiger partial charge >= 0.3 is 0 Å². The van der Waals surface area contributed by atoms with Crippen LogP contribution < -0.4 is 10.2 Å². The van der Waals surface area contributed by atoms with Gasteiger partial charge in [-0.1, -0.05) is 24.3 Å². The number of furan rings is 1. The van der Waals surface area contributed by atoms with E-state index < -0.39 is 0 Å². The molecule has 1 aliphatic rings. The fourth-order valence-electron chi connectivity index (χ4n) is 3.76. The Morgan fingerprint density at radius 1 is 1.22 bits per heavy atom. The van der Waals surface area contributed by atoms with Crippen LogP contribution in [0.2, 0.25) is 0 Å². The van der Waals surface area contributed by atoms with Crippen molar-refractivity contribution in [2.75, 3.05) is 37.6 Å². The van der Waals surface area contributed by atoms with Gasteiger partial charge in [0.2, 0.25) is 5.91 Å². The predicted octanol–water partition coefficient (Wildman–Crippen LogP) is 4.09. The number of amides is 2. The average molecular weight is 467 g/mol. The second kappa shape index (κ2) is 9.23. The molecule has 0 aliphatic carbocycles. The lowest BCUT2D eigenvalue weighted by molar-refractivity contribution is -0.124. The standard InChI is InChI=1S/C23H22N4O3S2/c28-21-14-26(11-8-24-21)9-4-10-27(22(29)20-7-3-12-31-20)23-25-17(15-32-23)19-13-16-5-1-2-6-18(16)30-19/h1-3,5-7,12-13,15H,4,8-11,14H2,(H,24,28). The van der Waals surface area contributed by atoms with Gasteiger partial charge in [0.15, 0.2) is 10.9 Å². The molecule has 1 aliphatic heterocycles. The van der Waals surface area contributed by atoms with Crippen LogP contribution in [0.3, 0.4) is 0 Å². The van der Waals surface area contributed by atoms with Gasteiger partial charge < -0.3 is 9.73 Å². The van der Waals surface area contributed by atoms with Crippen LogP contribution in [0.25, 0.3) is 22.4 Å². The van der Waals surface area contributed by atoms with Crippen molar-refractivity contribution >= 4 is 50.6 Å². The number of rotatable bonds is 7. The predicted molar refractivity (Wildman–Crippen MR) is 127 cm³/mol. The van der Waals surface area contributed by atoms with Crippen molar-refractivity contribution in [2.45, 2.75) is 6.42 Å². The van der Waals surface area contributed by atoms with Gasteiger partial charge in [-0.15, -0.1) is 22.7 Å². The van der Waals surface area contributed by atoms with E-state index in [9.17, 15) is 9.59 Å². The zero-order chi connectivity index (χ0) is 21.9. The molecule has 0 spiro atoms. The summed E-state index contributed by atoms with van der Waals surface area (Å²) in [5, 5.41) is 8.34. The first-order chi connectivity index (χ1) is 15.7. The normalized spacial score (nSPS) is 14.6. The lowest BCUT2D eigenvalue weighted by Gasteiger charge is -2.27. The number of thiophene rings is 1. The van der Waals surface area contributed by atoms with E-state index in [-0.39, 0.29) is 11.8 Å². The SMILES string of the molecule is O=C1CN(CCCN(C(=O)c2cccs2)c2nc(-c3cc4ccccc4o3)cs2)CCN1. The number of nitrogens with zero attached hydrogens (tertiary/aromatic N) is 3. The van der Waals surface area contributed by atoms with Crippen LogP contribution in [0.5, 0.6) is 0 Å². The molecular weight excluding hydrogens is 444 g/mol. The smallest absolute Gasteiger partial charge is 0.270 e. The number of para-hydroxylation sites is 1. The Morgan fingerprint density at radius 3 is 2.94 bits per heavy atom. The number of aromatic nitrogens is 1. The highest BCUT2D eigenvalue weighted by Crippen LogP contribution is 2.32. The fraction of sp³-hybridized carbons (Fsp3) is 0.261. The van der Waals surface area contributed by atoms with E-state index in [0.29, 0.717) is 35.4 Å². The van der Waals surface area contributed by atoms with Crippen molar-refractivity contribution in [1.29, 1.82) is 0 Å². The third-order valence-corrected chi connectivity index (χ3v) is 7.07. The quantitative estimate of drug-likeness (QED) is 0.444. The van der Waals surface area contributed by atoms with E-state index in [1.165, 1.54) is 22.7 Å². The highest BCUT2D eigenvalue weighted by Gasteiger charge is 2.23. The minimum Gasteiger partial charge on any atom is -0.454 e. The zero-order valence-corrected chi connectivity index (χ0v) is 19.0. The monoisotopic (exact) mass is 466 g/mol. The van der Waals surface area contributed by atoms with E-state index in [1.807, 2.05) is 53.2 Å². The summed E-state index contributed by atoms with van der Waals surface area (Å²) in [4.78, 5) is 34.1. The van der Waals surface area contributed by atoms with Gasteiger partial charge in [-0.25, -0.2) is 4.98 Å². The molecular formula is C23H22N4O3S2. The summed E-state index contributed by atoms with van der Waals surface area (Å²) in [6.07, 6.45) is 0.754. The van der Waals surface area contributed by atoms with Crippen LogP contribution in [0.15, 0.2) is 57.6 Å². The number of carbonyl (C=O) groups is 2. The Kier molecular flexibility index (Phi) is 6.02. The highest BCUT2D eigenvalue weighted by molar-refractivity contribution is 7.14. The number of carbonyl (C=O) groups excluding carboxylic acids is 2. The van der Waals surface area contributed by atoms with Crippen molar-refractivity contribution in [3.8, 4) is 11.5 Å². The van der Waals surface area contributed by atoms with E-state index >= 15 is 0 Å². The molecule has 1 fully saturated rings. The van der Waals surface area contributed by atoms with Crippen LogP contribution in [0, 0.1) is 0 Å². The molecule has 2 amide bonds. The summed E-state index contributed by atoms with van der Waals surface area (Å²) in [6.45, 7) is 3.19. The highest BCUT2D eigenvalue weighted by atomic mass is 32.1. The van der Waals surface area contributed by atoms with Crippen molar-refractivity contribution in [2.24, 2.45) is 0 Å². The number of fused-ring (bicyclic) bond motifs is 1. The maximum atomic E-state index is 13.2. The summed E-state index contributed by atoms with van der Waals surface area (Å²) < 4.78 is 5.95. The number of benzene rings is 1. The topological polar surface area (TPSA) is 78.7 Å². The summed E-state index contributed by atoms with van der Waals surface area (Å²) in [5.41, 5.74) is 1.53.